The van der Waals surface area contributed by atoms with Gasteiger partial charge in [-0.1, -0.05) is 36.4 Å². The van der Waals surface area contributed by atoms with E-state index in [1.165, 1.54) is 30.0 Å². The van der Waals surface area contributed by atoms with Gasteiger partial charge in [0.15, 0.2) is 17.5 Å². The number of thioether (sulfide) groups is 1. The second-order valence-corrected chi connectivity index (χ2v) is 10.3. The molecule has 2 heterocycles. The molecule has 4 atom stereocenters. The zero-order valence-corrected chi connectivity index (χ0v) is 22.6. The van der Waals surface area contributed by atoms with Gasteiger partial charge in [0.05, 0.1) is 19.1 Å². The van der Waals surface area contributed by atoms with Gasteiger partial charge in [0.25, 0.3) is 0 Å². The molecule has 0 radical (unpaired) electrons. The normalized spacial score (nSPS) is 23.1. The number of phenolic OH excluding ortho intramolecular Hbond substituents is 1. The van der Waals surface area contributed by atoms with E-state index >= 15 is 0 Å². The van der Waals surface area contributed by atoms with Crippen molar-refractivity contribution < 1.29 is 58.9 Å². The van der Waals surface area contributed by atoms with Crippen LogP contribution in [0.1, 0.15) is 31.0 Å². The van der Waals surface area contributed by atoms with E-state index in [9.17, 15) is 24.6 Å². The average molecular weight is 506 g/mol. The van der Waals surface area contributed by atoms with E-state index in [0.717, 1.165) is 0 Å². The Hall–Kier alpha value is -2.53. The Morgan fingerprint density at radius 1 is 1.23 bits per heavy atom. The van der Waals surface area contributed by atoms with Crippen molar-refractivity contribution in [2.24, 2.45) is 4.99 Å². The van der Waals surface area contributed by atoms with Crippen LogP contribution in [0.3, 0.4) is 0 Å². The number of carbonyl (C=O) groups excluding carboxylic acids is 3. The number of amides is 2. The van der Waals surface area contributed by atoms with Crippen molar-refractivity contribution in [3.8, 4) is 11.5 Å². The van der Waals surface area contributed by atoms with Crippen molar-refractivity contribution in [1.82, 2.24) is 10.2 Å². The maximum atomic E-state index is 13.3. The third kappa shape index (κ3) is 5.06. The molecule has 2 aliphatic heterocycles. The Labute approximate surface area is 229 Å². The van der Waals surface area contributed by atoms with E-state index in [4.69, 9.17) is 4.74 Å². The minimum absolute atomic E-state index is 0. The Kier molecular flexibility index (Phi) is 8.21. The number of carboxylic acids is 1. The SMILES string of the molecule is COc1cccc(C=NC(C(=O)N[C@@H]2C(=O)N3[C@@H]2SC(C)(C)[C@@H]3C(=O)[O-])c2ccccc2)c1O.[Na+]. The first-order chi connectivity index (χ1) is 16.2. The molecule has 0 saturated carbocycles. The molecule has 2 aliphatic rings. The molecular formula is C24H24N3NaO6S. The number of rotatable bonds is 7. The monoisotopic (exact) mass is 505 g/mol. The summed E-state index contributed by atoms with van der Waals surface area (Å²) in [6, 6.07) is 10.8. The Morgan fingerprint density at radius 2 is 1.91 bits per heavy atom. The van der Waals surface area contributed by atoms with E-state index in [-0.39, 0.29) is 41.1 Å². The van der Waals surface area contributed by atoms with Crippen molar-refractivity contribution in [1.29, 1.82) is 0 Å². The first kappa shape index (κ1) is 27.1. The van der Waals surface area contributed by atoms with Gasteiger partial charge >= 0.3 is 29.6 Å². The molecule has 0 bridgehead atoms. The maximum Gasteiger partial charge on any atom is 1.00 e. The summed E-state index contributed by atoms with van der Waals surface area (Å²) in [4.78, 5) is 43.3. The molecule has 2 fully saturated rings. The maximum absolute atomic E-state index is 13.3. The fraction of sp³-hybridized carbons (Fsp3) is 0.333. The summed E-state index contributed by atoms with van der Waals surface area (Å²) in [5, 5.41) is 24.2. The Morgan fingerprint density at radius 3 is 2.54 bits per heavy atom. The number of β-lactam (4-membered cyclic amide) rings is 1. The largest absolute Gasteiger partial charge is 1.00 e. The quantitative estimate of drug-likeness (QED) is 0.250. The van der Waals surface area contributed by atoms with E-state index in [1.807, 2.05) is 0 Å². The molecule has 35 heavy (non-hydrogen) atoms. The van der Waals surface area contributed by atoms with Gasteiger partial charge in [-0.25, -0.2) is 0 Å². The van der Waals surface area contributed by atoms with Crippen LogP contribution < -0.4 is 44.7 Å². The smallest absolute Gasteiger partial charge is 0.548 e. The van der Waals surface area contributed by atoms with Crippen LogP contribution in [0.25, 0.3) is 0 Å². The minimum atomic E-state index is -1.32. The fourth-order valence-corrected chi connectivity index (χ4v) is 5.88. The number of nitrogens with one attached hydrogen (secondary N) is 1. The number of carboxylic acid groups (broad SMARTS) is 1. The number of benzene rings is 2. The van der Waals surface area contributed by atoms with Crippen molar-refractivity contribution in [3.05, 3.63) is 59.7 Å². The third-order valence-corrected chi connectivity index (χ3v) is 7.51. The van der Waals surface area contributed by atoms with Gasteiger partial charge in [0, 0.05) is 16.5 Å². The number of carbonyl (C=O) groups is 3. The van der Waals surface area contributed by atoms with Crippen LogP contribution in [0.15, 0.2) is 53.5 Å². The number of aliphatic imine (C=N–C) groups is 1. The van der Waals surface area contributed by atoms with Crippen LogP contribution in [-0.2, 0) is 14.4 Å². The zero-order chi connectivity index (χ0) is 24.6. The van der Waals surface area contributed by atoms with Gasteiger partial charge < -0.3 is 30.0 Å². The summed E-state index contributed by atoms with van der Waals surface area (Å²) in [5.74, 6) is -2.13. The number of fused-ring (bicyclic) bond motifs is 1. The van der Waals surface area contributed by atoms with E-state index in [1.54, 1.807) is 62.4 Å². The third-order valence-electron chi connectivity index (χ3n) is 5.94. The van der Waals surface area contributed by atoms with Gasteiger partial charge in [-0.15, -0.1) is 11.8 Å². The molecule has 2 saturated heterocycles. The van der Waals surface area contributed by atoms with Crippen LogP contribution in [0, 0.1) is 0 Å². The molecule has 2 amide bonds. The summed E-state index contributed by atoms with van der Waals surface area (Å²) in [5.41, 5.74) is 0.957. The van der Waals surface area contributed by atoms with Gasteiger partial charge in [-0.3, -0.25) is 14.6 Å². The summed E-state index contributed by atoms with van der Waals surface area (Å²) < 4.78 is 4.36. The number of hydrogen-bond donors (Lipinski definition) is 2. The van der Waals surface area contributed by atoms with Gasteiger partial charge in [-0.05, 0) is 31.5 Å². The Bertz CT molecular complexity index is 1160. The summed E-state index contributed by atoms with van der Waals surface area (Å²) >= 11 is 1.32. The van der Waals surface area contributed by atoms with Gasteiger partial charge in [0.2, 0.25) is 11.8 Å². The van der Waals surface area contributed by atoms with E-state index in [0.29, 0.717) is 11.1 Å². The van der Waals surface area contributed by atoms with Crippen LogP contribution in [0.4, 0.5) is 0 Å². The molecule has 1 unspecified atom stereocenters. The predicted molar refractivity (Wildman–Crippen MR) is 124 cm³/mol. The summed E-state index contributed by atoms with van der Waals surface area (Å²) in [6.45, 7) is 3.47. The number of methoxy groups -OCH3 is 1. The molecule has 2 aromatic rings. The molecule has 178 valence electrons. The standard InChI is InChI=1S/C24H25N3O6S.Na/c1-24(2)19(23(31)32)27-21(30)17(22(27)34-24)26-20(29)16(13-8-5-4-6-9-13)25-12-14-10-7-11-15(33-3)18(14)28;/h4-12,16-17,19,22,28H,1-3H3,(H,26,29)(H,31,32);/q;+1/p-1/t16?,17-,19+,22-;/m1./s1. The van der Waals surface area contributed by atoms with Crippen molar-refractivity contribution in [2.75, 3.05) is 7.11 Å². The molecule has 11 heteroatoms. The number of para-hydroxylation sites is 1. The minimum Gasteiger partial charge on any atom is -0.548 e. The molecule has 0 spiro atoms. The van der Waals surface area contributed by atoms with Crippen molar-refractivity contribution in [2.45, 2.75) is 42.1 Å². The molecular weight excluding hydrogens is 481 g/mol. The zero-order valence-electron chi connectivity index (χ0n) is 19.8. The molecule has 0 aromatic heterocycles. The van der Waals surface area contributed by atoms with Crippen LogP contribution in [0.2, 0.25) is 0 Å². The van der Waals surface area contributed by atoms with E-state index < -0.39 is 46.0 Å². The van der Waals surface area contributed by atoms with Crippen LogP contribution in [-0.4, -0.2) is 63.3 Å². The molecule has 2 aromatic carbocycles. The predicted octanol–water partition coefficient (Wildman–Crippen LogP) is -2.14. The topological polar surface area (TPSA) is 131 Å². The number of hydrogen-bond acceptors (Lipinski definition) is 8. The Balaban J connectivity index is 0.00000342. The average Bonchev–Trinajstić information content (AvgIpc) is 3.07. The van der Waals surface area contributed by atoms with Crippen LogP contribution in [0.5, 0.6) is 11.5 Å². The number of aromatic hydroxyl groups is 1. The molecule has 4 rings (SSSR count). The summed E-state index contributed by atoms with van der Waals surface area (Å²) in [7, 11) is 1.43. The van der Waals surface area contributed by atoms with Crippen molar-refractivity contribution >= 4 is 35.8 Å². The molecule has 0 aliphatic carbocycles. The molecule has 2 N–H and O–H groups in total. The van der Waals surface area contributed by atoms with E-state index in [2.05, 4.69) is 10.3 Å². The van der Waals surface area contributed by atoms with Crippen molar-refractivity contribution in [3.63, 3.8) is 0 Å². The number of nitrogens with zero attached hydrogens (tertiary/aromatic N) is 2. The first-order valence-corrected chi connectivity index (χ1v) is 11.5. The second-order valence-electron chi connectivity index (χ2n) is 8.55. The summed E-state index contributed by atoms with van der Waals surface area (Å²) in [6.07, 6.45) is 1.38. The fourth-order valence-electron chi connectivity index (χ4n) is 4.26. The number of phenols is 1. The van der Waals surface area contributed by atoms with Gasteiger partial charge in [-0.2, -0.15) is 0 Å². The number of ether oxygens (including phenoxy) is 1. The second kappa shape index (κ2) is 10.6. The number of aliphatic carboxylic acids is 1. The first-order valence-electron chi connectivity index (χ1n) is 10.6. The molecule has 9 nitrogen and oxygen atoms in total. The van der Waals surface area contributed by atoms with Crippen LogP contribution >= 0.6 is 11.8 Å². The van der Waals surface area contributed by atoms with Gasteiger partial charge in [0.1, 0.15) is 11.4 Å².